The molecule has 0 bridgehead atoms. The highest BCUT2D eigenvalue weighted by molar-refractivity contribution is 5.11. The van der Waals surface area contributed by atoms with Crippen molar-refractivity contribution in [1.29, 1.82) is 0 Å². The second kappa shape index (κ2) is 3.79. The van der Waals surface area contributed by atoms with Crippen molar-refractivity contribution in [3.05, 3.63) is 27.9 Å². The number of H-pyrrole nitrogens is 1. The standard InChI is InChI=1S/C7H8F3N3O/c8-7(9,10)5-3-4(1-2-11)12-6(14)13-5/h3H,1-2,11H2,(H,12,13,14). The molecule has 14 heavy (non-hydrogen) atoms. The zero-order valence-corrected chi connectivity index (χ0v) is 7.06. The van der Waals surface area contributed by atoms with Crippen LogP contribution in [-0.4, -0.2) is 16.5 Å². The lowest BCUT2D eigenvalue weighted by atomic mass is 10.2. The Morgan fingerprint density at radius 2 is 2.14 bits per heavy atom. The largest absolute Gasteiger partial charge is 0.433 e. The third-order valence-electron chi connectivity index (χ3n) is 1.50. The van der Waals surface area contributed by atoms with Gasteiger partial charge in [0.05, 0.1) is 0 Å². The number of halogens is 3. The van der Waals surface area contributed by atoms with Gasteiger partial charge in [-0.05, 0) is 19.0 Å². The molecule has 0 aliphatic rings. The van der Waals surface area contributed by atoms with Gasteiger partial charge in [0, 0.05) is 5.69 Å². The minimum absolute atomic E-state index is 0.139. The van der Waals surface area contributed by atoms with Gasteiger partial charge in [-0.25, -0.2) is 4.79 Å². The summed E-state index contributed by atoms with van der Waals surface area (Å²) < 4.78 is 36.4. The second-order valence-corrected chi connectivity index (χ2v) is 2.63. The van der Waals surface area contributed by atoms with E-state index in [0.29, 0.717) is 0 Å². The van der Waals surface area contributed by atoms with Gasteiger partial charge in [-0.2, -0.15) is 18.2 Å². The molecule has 78 valence electrons. The molecule has 0 aromatic carbocycles. The van der Waals surface area contributed by atoms with Gasteiger partial charge in [-0.1, -0.05) is 0 Å². The summed E-state index contributed by atoms with van der Waals surface area (Å²) >= 11 is 0. The molecule has 0 saturated carbocycles. The van der Waals surface area contributed by atoms with Crippen LogP contribution >= 0.6 is 0 Å². The predicted octanol–water partition coefficient (Wildman–Crippen LogP) is 0.290. The smallest absolute Gasteiger partial charge is 0.330 e. The zero-order chi connectivity index (χ0) is 10.8. The Balaban J connectivity index is 3.14. The van der Waals surface area contributed by atoms with Crippen LogP contribution in [-0.2, 0) is 12.6 Å². The monoisotopic (exact) mass is 207 g/mol. The predicted molar refractivity (Wildman–Crippen MR) is 42.6 cm³/mol. The Morgan fingerprint density at radius 3 is 2.64 bits per heavy atom. The van der Waals surface area contributed by atoms with E-state index in [1.165, 1.54) is 0 Å². The molecule has 1 rings (SSSR count). The maximum atomic E-state index is 12.1. The van der Waals surface area contributed by atoms with Crippen molar-refractivity contribution in [3.63, 3.8) is 0 Å². The Morgan fingerprint density at radius 1 is 1.50 bits per heavy atom. The van der Waals surface area contributed by atoms with E-state index in [9.17, 15) is 18.0 Å². The highest BCUT2D eigenvalue weighted by atomic mass is 19.4. The molecular formula is C7H8F3N3O. The average molecular weight is 207 g/mol. The van der Waals surface area contributed by atoms with Crippen LogP contribution in [0.3, 0.4) is 0 Å². The lowest BCUT2D eigenvalue weighted by molar-refractivity contribution is -0.141. The first-order valence-electron chi connectivity index (χ1n) is 3.81. The molecule has 1 heterocycles. The van der Waals surface area contributed by atoms with Crippen LogP contribution in [0, 0.1) is 0 Å². The van der Waals surface area contributed by atoms with Crippen LogP contribution in [0.1, 0.15) is 11.4 Å². The van der Waals surface area contributed by atoms with Gasteiger partial charge in [-0.15, -0.1) is 0 Å². The van der Waals surface area contributed by atoms with Crippen LogP contribution in [0.2, 0.25) is 0 Å². The van der Waals surface area contributed by atoms with Gasteiger partial charge in [-0.3, -0.25) is 0 Å². The van der Waals surface area contributed by atoms with Crippen molar-refractivity contribution in [2.24, 2.45) is 5.73 Å². The fourth-order valence-corrected chi connectivity index (χ4v) is 0.943. The number of nitrogens with zero attached hydrogens (tertiary/aromatic N) is 1. The summed E-state index contributed by atoms with van der Waals surface area (Å²) in [4.78, 5) is 15.7. The molecule has 0 radical (unpaired) electrons. The van der Waals surface area contributed by atoms with Gasteiger partial charge < -0.3 is 10.7 Å². The molecule has 0 saturated heterocycles. The summed E-state index contributed by atoms with van der Waals surface area (Å²) in [5.41, 5.74) is 3.08. The van der Waals surface area contributed by atoms with E-state index >= 15 is 0 Å². The number of aromatic amines is 1. The van der Waals surface area contributed by atoms with Crippen molar-refractivity contribution in [1.82, 2.24) is 9.97 Å². The summed E-state index contributed by atoms with van der Waals surface area (Å²) in [5.74, 6) is 0. The van der Waals surface area contributed by atoms with E-state index in [2.05, 4.69) is 9.97 Å². The Labute approximate surface area is 77.0 Å². The minimum Gasteiger partial charge on any atom is -0.330 e. The van der Waals surface area contributed by atoms with E-state index < -0.39 is 17.6 Å². The third-order valence-corrected chi connectivity index (χ3v) is 1.50. The van der Waals surface area contributed by atoms with Crippen LogP contribution in [0.15, 0.2) is 10.9 Å². The number of rotatable bonds is 2. The van der Waals surface area contributed by atoms with Crippen molar-refractivity contribution in [3.8, 4) is 0 Å². The minimum atomic E-state index is -4.60. The molecule has 0 aliphatic heterocycles. The Bertz CT molecular complexity index is 371. The molecule has 1 aromatic heterocycles. The normalized spacial score (nSPS) is 11.7. The second-order valence-electron chi connectivity index (χ2n) is 2.63. The summed E-state index contributed by atoms with van der Waals surface area (Å²) in [7, 11) is 0. The first-order valence-corrected chi connectivity index (χ1v) is 3.81. The Hall–Kier alpha value is -1.37. The maximum absolute atomic E-state index is 12.1. The molecule has 7 heteroatoms. The summed E-state index contributed by atoms with van der Waals surface area (Å²) in [5, 5.41) is 0. The number of aromatic nitrogens is 2. The van der Waals surface area contributed by atoms with Crippen molar-refractivity contribution in [2.45, 2.75) is 12.6 Å². The molecular weight excluding hydrogens is 199 g/mol. The SMILES string of the molecule is NCCc1cc(C(F)(F)F)nc(=O)[nH]1. The maximum Gasteiger partial charge on any atom is 0.433 e. The van der Waals surface area contributed by atoms with E-state index in [1.54, 1.807) is 0 Å². The van der Waals surface area contributed by atoms with Crippen molar-refractivity contribution >= 4 is 0 Å². The lowest BCUT2D eigenvalue weighted by Gasteiger charge is -2.06. The van der Waals surface area contributed by atoms with E-state index in [4.69, 9.17) is 5.73 Å². The molecule has 4 nitrogen and oxygen atoms in total. The highest BCUT2D eigenvalue weighted by Crippen LogP contribution is 2.26. The van der Waals surface area contributed by atoms with Gasteiger partial charge in [0.2, 0.25) is 0 Å². The van der Waals surface area contributed by atoms with Crippen LogP contribution < -0.4 is 11.4 Å². The van der Waals surface area contributed by atoms with E-state index in [0.717, 1.165) is 6.07 Å². The summed E-state index contributed by atoms with van der Waals surface area (Å²) in [6, 6.07) is 0.786. The zero-order valence-electron chi connectivity index (χ0n) is 7.06. The third kappa shape index (κ3) is 2.56. The fourth-order valence-electron chi connectivity index (χ4n) is 0.943. The summed E-state index contributed by atoms with van der Waals surface area (Å²) in [6.45, 7) is 0.164. The van der Waals surface area contributed by atoms with Gasteiger partial charge in [0.1, 0.15) is 0 Å². The topological polar surface area (TPSA) is 71.8 Å². The molecule has 0 fully saturated rings. The number of nitrogens with one attached hydrogen (secondary N) is 1. The van der Waals surface area contributed by atoms with Gasteiger partial charge in [0.25, 0.3) is 0 Å². The lowest BCUT2D eigenvalue weighted by Crippen LogP contribution is -2.21. The van der Waals surface area contributed by atoms with E-state index in [1.807, 2.05) is 0 Å². The molecule has 0 aliphatic carbocycles. The number of hydrogen-bond acceptors (Lipinski definition) is 3. The Kier molecular flexibility index (Phi) is 2.90. The molecule has 0 spiro atoms. The molecule has 0 unspecified atom stereocenters. The van der Waals surface area contributed by atoms with Crippen LogP contribution in [0.5, 0.6) is 0 Å². The quantitative estimate of drug-likeness (QED) is 0.732. The summed E-state index contributed by atoms with van der Waals surface area (Å²) in [6.07, 6.45) is -4.42. The van der Waals surface area contributed by atoms with Crippen molar-refractivity contribution in [2.75, 3.05) is 6.54 Å². The fraction of sp³-hybridized carbons (Fsp3) is 0.429. The van der Waals surface area contributed by atoms with Gasteiger partial charge in [0.15, 0.2) is 5.69 Å². The first-order chi connectivity index (χ1) is 6.43. The number of alkyl halides is 3. The van der Waals surface area contributed by atoms with Crippen LogP contribution in [0.25, 0.3) is 0 Å². The molecule has 1 aromatic rings. The van der Waals surface area contributed by atoms with Gasteiger partial charge >= 0.3 is 11.9 Å². The molecule has 3 N–H and O–H groups in total. The number of nitrogens with two attached hydrogens (primary N) is 1. The molecule has 0 atom stereocenters. The van der Waals surface area contributed by atoms with Crippen LogP contribution in [0.4, 0.5) is 13.2 Å². The van der Waals surface area contributed by atoms with Crippen molar-refractivity contribution < 1.29 is 13.2 Å². The first kappa shape index (κ1) is 10.7. The average Bonchev–Trinajstić information content (AvgIpc) is 2.02. The number of hydrogen-bond donors (Lipinski definition) is 2. The van der Waals surface area contributed by atoms with E-state index in [-0.39, 0.29) is 18.7 Å². The molecule has 0 amide bonds. The highest BCUT2D eigenvalue weighted by Gasteiger charge is 2.33.